The van der Waals surface area contributed by atoms with Crippen molar-refractivity contribution in [1.82, 2.24) is 0 Å². The fraction of sp³-hybridized carbons (Fsp3) is 0.538. The first-order valence-electron chi connectivity index (χ1n) is 6.59. The molecule has 0 aliphatic heterocycles. The van der Waals surface area contributed by atoms with Crippen molar-refractivity contribution in [3.8, 4) is 5.75 Å². The molecule has 8 heteroatoms. The average Bonchev–Trinajstić information content (AvgIpc) is 2.40. The summed E-state index contributed by atoms with van der Waals surface area (Å²) in [5.74, 6) is -1.20. The fourth-order valence-corrected chi connectivity index (χ4v) is 2.49. The Morgan fingerprint density at radius 1 is 1.14 bits per heavy atom. The molecule has 0 saturated heterocycles. The van der Waals surface area contributed by atoms with Gasteiger partial charge < -0.3 is 22.4 Å². The number of ether oxygens (including phenoxy) is 2. The van der Waals surface area contributed by atoms with Crippen LogP contribution in [0.3, 0.4) is 0 Å². The molecule has 2 rings (SSSR count). The van der Waals surface area contributed by atoms with Crippen LogP contribution in [-0.2, 0) is 4.74 Å². The van der Waals surface area contributed by atoms with Crippen molar-refractivity contribution in [1.29, 1.82) is 0 Å². The normalized spacial score (nSPS) is 22.5. The van der Waals surface area contributed by atoms with Gasteiger partial charge in [-0.25, -0.2) is 4.39 Å². The quantitative estimate of drug-likeness (QED) is 0.581. The smallest absolute Gasteiger partial charge is 0.493 e. The Morgan fingerprint density at radius 3 is 2.43 bits per heavy atom. The average molecular weight is 330 g/mol. The van der Waals surface area contributed by atoms with Gasteiger partial charge in [0.1, 0.15) is 11.9 Å². The minimum absolute atomic E-state index is 0. The van der Waals surface area contributed by atoms with E-state index < -0.39 is 18.3 Å². The van der Waals surface area contributed by atoms with Crippen LogP contribution < -0.4 is 61.6 Å². The number of rotatable bonds is 4. The van der Waals surface area contributed by atoms with E-state index in [0.29, 0.717) is 18.9 Å². The second kappa shape index (κ2) is 8.31. The first-order chi connectivity index (χ1) is 9.40. The maximum atomic E-state index is 13.0. The summed E-state index contributed by atoms with van der Waals surface area (Å²) in [4.78, 5) is 0. The van der Waals surface area contributed by atoms with Crippen molar-refractivity contribution in [3.63, 3.8) is 0 Å². The summed E-state index contributed by atoms with van der Waals surface area (Å²) < 4.78 is 62.4. The summed E-state index contributed by atoms with van der Waals surface area (Å²) in [5, 5.41) is 0. The van der Waals surface area contributed by atoms with Crippen molar-refractivity contribution in [2.45, 2.75) is 37.9 Å². The van der Waals surface area contributed by atoms with Crippen LogP contribution in [0.2, 0.25) is 0 Å². The molecule has 0 N–H and O–H groups in total. The van der Waals surface area contributed by atoms with Gasteiger partial charge in [0.05, 0.1) is 11.9 Å². The molecule has 0 radical (unpaired) electrons. The van der Waals surface area contributed by atoms with Crippen molar-refractivity contribution in [3.05, 3.63) is 24.0 Å². The molecule has 1 aliphatic rings. The van der Waals surface area contributed by atoms with Crippen LogP contribution >= 0.6 is 0 Å². The standard InChI is InChI=1S/C13H16BF4O2.K/c1-19-10-3-2-4-11(8-10)20-13-6-5-9(15)7-12(13)14(16,17)18;/h5-7,10-11H,2-4,8H2,1H3;/q-1;+1. The zero-order valence-electron chi connectivity index (χ0n) is 12.1. The number of halogens is 4. The molecule has 2 nitrogen and oxygen atoms in total. The summed E-state index contributed by atoms with van der Waals surface area (Å²) in [5.41, 5.74) is -1.01. The predicted molar refractivity (Wildman–Crippen MR) is 68.8 cm³/mol. The van der Waals surface area contributed by atoms with Gasteiger partial charge in [0, 0.05) is 13.5 Å². The van der Waals surface area contributed by atoms with Crippen molar-refractivity contribution >= 4 is 12.4 Å². The van der Waals surface area contributed by atoms with Crippen LogP contribution in [0.15, 0.2) is 18.2 Å². The zero-order chi connectivity index (χ0) is 14.8. The van der Waals surface area contributed by atoms with E-state index in [0.717, 1.165) is 25.0 Å². The van der Waals surface area contributed by atoms with Gasteiger partial charge in [-0.15, -0.1) is 0 Å². The molecule has 2 unspecified atom stereocenters. The maximum absolute atomic E-state index is 13.0. The van der Waals surface area contributed by atoms with E-state index in [-0.39, 0.29) is 69.3 Å². The van der Waals surface area contributed by atoms with Gasteiger partial charge in [0.25, 0.3) is 0 Å². The molecule has 1 fully saturated rings. The van der Waals surface area contributed by atoms with E-state index in [2.05, 4.69) is 0 Å². The minimum atomic E-state index is -5.30. The molecule has 2 atom stereocenters. The third-order valence-electron chi connectivity index (χ3n) is 3.53. The summed E-state index contributed by atoms with van der Waals surface area (Å²) >= 11 is 0. The van der Waals surface area contributed by atoms with Crippen molar-refractivity contribution in [2.24, 2.45) is 0 Å². The number of benzene rings is 1. The van der Waals surface area contributed by atoms with Crippen LogP contribution in [0, 0.1) is 5.82 Å². The predicted octanol–water partition coefficient (Wildman–Crippen LogP) is 0.220. The topological polar surface area (TPSA) is 18.5 Å². The van der Waals surface area contributed by atoms with Crippen molar-refractivity contribution < 1.29 is 78.2 Å². The fourth-order valence-electron chi connectivity index (χ4n) is 2.49. The van der Waals surface area contributed by atoms with Crippen LogP contribution in [-0.4, -0.2) is 26.3 Å². The Labute approximate surface area is 164 Å². The third-order valence-corrected chi connectivity index (χ3v) is 3.53. The first kappa shape index (κ1) is 19.4. The number of hydrogen-bond acceptors (Lipinski definition) is 2. The molecule has 0 amide bonds. The van der Waals surface area contributed by atoms with Crippen molar-refractivity contribution in [2.75, 3.05) is 7.11 Å². The number of hydrogen-bond donors (Lipinski definition) is 0. The number of methoxy groups -OCH3 is 1. The molecular weight excluding hydrogens is 314 g/mol. The Kier molecular flexibility index (Phi) is 7.69. The monoisotopic (exact) mass is 330 g/mol. The van der Waals surface area contributed by atoms with Gasteiger partial charge in [-0.2, -0.15) is 0 Å². The van der Waals surface area contributed by atoms with Crippen LogP contribution in [0.5, 0.6) is 5.75 Å². The molecule has 0 bridgehead atoms. The Bertz CT molecular complexity index is 470. The largest absolute Gasteiger partial charge is 1.00 e. The molecule has 1 aromatic carbocycles. The third kappa shape index (κ3) is 5.51. The van der Waals surface area contributed by atoms with Gasteiger partial charge in [0.15, 0.2) is 0 Å². The van der Waals surface area contributed by atoms with Gasteiger partial charge in [-0.05, 0) is 37.5 Å². The summed E-state index contributed by atoms with van der Waals surface area (Å²) in [7, 11) is 1.58. The molecule has 1 aromatic rings. The molecule has 0 heterocycles. The van der Waals surface area contributed by atoms with E-state index in [1.165, 1.54) is 0 Å². The van der Waals surface area contributed by atoms with Gasteiger partial charge in [0.2, 0.25) is 0 Å². The van der Waals surface area contributed by atoms with Crippen LogP contribution in [0.1, 0.15) is 25.7 Å². The van der Waals surface area contributed by atoms with E-state index in [9.17, 15) is 17.3 Å². The first-order valence-corrected chi connectivity index (χ1v) is 6.59. The molecule has 112 valence electrons. The summed E-state index contributed by atoms with van der Waals surface area (Å²) in [6, 6.07) is 2.53. The Morgan fingerprint density at radius 2 is 1.81 bits per heavy atom. The summed E-state index contributed by atoms with van der Waals surface area (Å²) in [6.07, 6.45) is 2.65. The summed E-state index contributed by atoms with van der Waals surface area (Å²) in [6.45, 7) is -5.30. The van der Waals surface area contributed by atoms with E-state index in [4.69, 9.17) is 9.47 Å². The minimum Gasteiger partial charge on any atom is -0.493 e. The zero-order valence-corrected chi connectivity index (χ0v) is 15.2. The van der Waals surface area contributed by atoms with Gasteiger partial charge in [-0.1, -0.05) is 5.46 Å². The maximum Gasteiger partial charge on any atom is 1.00 e. The molecule has 1 saturated carbocycles. The second-order valence-corrected chi connectivity index (χ2v) is 5.02. The van der Waals surface area contributed by atoms with Crippen LogP contribution in [0.4, 0.5) is 17.3 Å². The second-order valence-electron chi connectivity index (χ2n) is 5.02. The molecule has 0 aromatic heterocycles. The molecular formula is C13H16BF4KO2. The van der Waals surface area contributed by atoms with E-state index in [1.54, 1.807) is 7.11 Å². The molecule has 21 heavy (non-hydrogen) atoms. The Hall–Kier alpha value is 0.401. The van der Waals surface area contributed by atoms with E-state index in [1.807, 2.05) is 0 Å². The van der Waals surface area contributed by atoms with E-state index >= 15 is 0 Å². The Balaban J connectivity index is 0.00000220. The van der Waals surface area contributed by atoms with Crippen LogP contribution in [0.25, 0.3) is 0 Å². The SMILES string of the molecule is COC1CCCC(Oc2ccc(F)cc2[B-](F)(F)F)C1.[K+]. The molecule has 0 spiro atoms. The molecule has 1 aliphatic carbocycles. The van der Waals surface area contributed by atoms with Gasteiger partial charge in [-0.3, -0.25) is 0 Å². The van der Waals surface area contributed by atoms with Gasteiger partial charge >= 0.3 is 58.4 Å².